The lowest BCUT2D eigenvalue weighted by Crippen LogP contribution is -2.42. The molecule has 1 aromatic rings. The molecule has 0 unspecified atom stereocenters. The van der Waals surface area contributed by atoms with Crippen LogP contribution in [0, 0.1) is 16.0 Å². The number of carbonyl (C=O) groups is 1. The highest BCUT2D eigenvalue weighted by molar-refractivity contribution is 7.89. The number of non-ortho nitro benzene ring substituents is 1. The number of hydrogen-bond donors (Lipinski definition) is 1. The molecule has 8 nitrogen and oxygen atoms in total. The fourth-order valence-electron chi connectivity index (χ4n) is 2.54. The fourth-order valence-corrected chi connectivity index (χ4v) is 3.83. The minimum atomic E-state index is -3.25. The lowest BCUT2D eigenvalue weighted by Gasteiger charge is -2.30. The highest BCUT2D eigenvalue weighted by Crippen LogP contribution is 2.28. The summed E-state index contributed by atoms with van der Waals surface area (Å²) in [5.41, 5.74) is 0.0121. The van der Waals surface area contributed by atoms with Crippen molar-refractivity contribution >= 4 is 38.9 Å². The van der Waals surface area contributed by atoms with E-state index < -0.39 is 14.9 Å². The monoisotopic (exact) mass is 375 g/mol. The third-order valence-corrected chi connectivity index (χ3v) is 6.21. The molecule has 0 bridgehead atoms. The van der Waals surface area contributed by atoms with Crippen LogP contribution in [0.3, 0.4) is 0 Å². The number of nitro groups is 1. The zero-order valence-corrected chi connectivity index (χ0v) is 14.6. The Balaban J connectivity index is 2.02. The summed E-state index contributed by atoms with van der Waals surface area (Å²) in [5, 5.41) is 13.6. The number of amides is 1. The minimum Gasteiger partial charge on any atom is -0.324 e. The van der Waals surface area contributed by atoms with Crippen molar-refractivity contribution in [2.45, 2.75) is 19.8 Å². The molecule has 1 heterocycles. The number of rotatable bonds is 5. The number of hydrogen-bond acceptors (Lipinski definition) is 5. The summed E-state index contributed by atoms with van der Waals surface area (Å²) < 4.78 is 25.0. The number of piperidine rings is 1. The largest absolute Gasteiger partial charge is 0.324 e. The summed E-state index contributed by atoms with van der Waals surface area (Å²) in [6.07, 6.45) is 0.801. The highest BCUT2D eigenvalue weighted by Gasteiger charge is 2.30. The summed E-state index contributed by atoms with van der Waals surface area (Å²) >= 11 is 5.96. The molecule has 1 amide bonds. The van der Waals surface area contributed by atoms with E-state index in [9.17, 15) is 23.3 Å². The van der Waals surface area contributed by atoms with Gasteiger partial charge in [-0.15, -0.1) is 0 Å². The van der Waals surface area contributed by atoms with Gasteiger partial charge < -0.3 is 5.32 Å². The second-order valence-electron chi connectivity index (χ2n) is 5.48. The predicted octanol–water partition coefficient (Wildman–Crippen LogP) is 2.25. The van der Waals surface area contributed by atoms with Crippen molar-refractivity contribution < 1.29 is 18.1 Å². The molecule has 0 saturated carbocycles. The number of nitrogens with zero attached hydrogens (tertiary/aromatic N) is 2. The third-order valence-electron chi connectivity index (χ3n) is 4.00. The van der Waals surface area contributed by atoms with Gasteiger partial charge in [-0.3, -0.25) is 14.9 Å². The van der Waals surface area contributed by atoms with Gasteiger partial charge in [-0.1, -0.05) is 11.6 Å². The first-order valence-electron chi connectivity index (χ1n) is 7.47. The average molecular weight is 376 g/mol. The molecule has 0 spiro atoms. The molecular weight excluding hydrogens is 358 g/mol. The van der Waals surface area contributed by atoms with Crippen molar-refractivity contribution in [2.75, 3.05) is 24.2 Å². The number of nitro benzene ring substituents is 1. The molecule has 0 aliphatic carbocycles. The molecule has 0 atom stereocenters. The Labute approximate surface area is 145 Å². The Kier molecular flexibility index (Phi) is 5.79. The number of halogens is 1. The second kappa shape index (κ2) is 7.45. The zero-order chi connectivity index (χ0) is 17.9. The van der Waals surface area contributed by atoms with Gasteiger partial charge in [0.2, 0.25) is 15.9 Å². The molecule has 2 rings (SSSR count). The lowest BCUT2D eigenvalue weighted by atomic mass is 9.97. The second-order valence-corrected chi connectivity index (χ2v) is 8.15. The number of anilines is 1. The van der Waals surface area contributed by atoms with Crippen LogP contribution in [0.2, 0.25) is 5.02 Å². The van der Waals surface area contributed by atoms with E-state index in [1.165, 1.54) is 22.5 Å². The van der Waals surface area contributed by atoms with Crippen LogP contribution in [0.1, 0.15) is 19.8 Å². The Hall–Kier alpha value is -1.71. The van der Waals surface area contributed by atoms with Gasteiger partial charge in [0.15, 0.2) is 0 Å². The van der Waals surface area contributed by atoms with E-state index in [1.807, 2.05) is 0 Å². The van der Waals surface area contributed by atoms with Gasteiger partial charge >= 0.3 is 0 Å². The van der Waals surface area contributed by atoms with Crippen molar-refractivity contribution in [2.24, 2.45) is 5.92 Å². The fraction of sp³-hybridized carbons (Fsp3) is 0.500. The summed E-state index contributed by atoms with van der Waals surface area (Å²) in [6.45, 7) is 2.16. The molecular formula is C14H18ClN3O5S. The molecule has 1 fully saturated rings. The van der Waals surface area contributed by atoms with Gasteiger partial charge in [0.25, 0.3) is 5.69 Å². The van der Waals surface area contributed by atoms with Crippen molar-refractivity contribution in [1.29, 1.82) is 0 Å². The van der Waals surface area contributed by atoms with Crippen LogP contribution in [0.25, 0.3) is 0 Å². The van der Waals surface area contributed by atoms with Gasteiger partial charge in [0.1, 0.15) is 0 Å². The Morgan fingerprint density at radius 1 is 1.42 bits per heavy atom. The van der Waals surface area contributed by atoms with E-state index in [-0.39, 0.29) is 47.1 Å². The average Bonchev–Trinajstić information content (AvgIpc) is 2.56. The zero-order valence-electron chi connectivity index (χ0n) is 13.1. The number of nitrogens with one attached hydrogen (secondary N) is 1. The molecule has 1 aliphatic heterocycles. The van der Waals surface area contributed by atoms with Crippen molar-refractivity contribution in [3.8, 4) is 0 Å². The molecule has 0 aromatic heterocycles. The number of sulfonamides is 1. The molecule has 0 radical (unpaired) electrons. The predicted molar refractivity (Wildman–Crippen MR) is 90.5 cm³/mol. The maximum Gasteiger partial charge on any atom is 0.271 e. The molecule has 132 valence electrons. The van der Waals surface area contributed by atoms with Gasteiger partial charge in [0.05, 0.1) is 21.4 Å². The molecule has 10 heteroatoms. The van der Waals surface area contributed by atoms with E-state index in [1.54, 1.807) is 6.92 Å². The van der Waals surface area contributed by atoms with Crippen LogP contribution in [-0.2, 0) is 14.8 Å². The summed E-state index contributed by atoms with van der Waals surface area (Å²) in [4.78, 5) is 22.5. The van der Waals surface area contributed by atoms with E-state index in [0.717, 1.165) is 0 Å². The maximum absolute atomic E-state index is 12.3. The summed E-state index contributed by atoms with van der Waals surface area (Å²) in [5.74, 6) is -0.637. The molecule has 1 N–H and O–H groups in total. The van der Waals surface area contributed by atoms with Gasteiger partial charge in [-0.05, 0) is 25.8 Å². The third kappa shape index (κ3) is 4.22. The Bertz CT molecular complexity index is 745. The first kappa shape index (κ1) is 18.6. The van der Waals surface area contributed by atoms with E-state index in [0.29, 0.717) is 12.8 Å². The van der Waals surface area contributed by atoms with Crippen LogP contribution < -0.4 is 5.32 Å². The first-order chi connectivity index (χ1) is 11.2. The maximum atomic E-state index is 12.3. The number of benzene rings is 1. The van der Waals surface area contributed by atoms with E-state index in [4.69, 9.17) is 11.6 Å². The van der Waals surface area contributed by atoms with E-state index >= 15 is 0 Å². The van der Waals surface area contributed by atoms with Crippen LogP contribution in [0.4, 0.5) is 11.4 Å². The van der Waals surface area contributed by atoms with Crippen LogP contribution >= 0.6 is 11.6 Å². The summed E-state index contributed by atoms with van der Waals surface area (Å²) in [7, 11) is -3.25. The normalized spacial score (nSPS) is 16.8. The number of carbonyl (C=O) groups excluding carboxylic acids is 1. The Morgan fingerprint density at radius 3 is 2.58 bits per heavy atom. The molecule has 24 heavy (non-hydrogen) atoms. The quantitative estimate of drug-likeness (QED) is 0.627. The highest BCUT2D eigenvalue weighted by atomic mass is 35.5. The SMILES string of the molecule is CCS(=O)(=O)N1CCC(C(=O)Nc2cc([N+](=O)[O-])ccc2Cl)CC1. The summed E-state index contributed by atoms with van der Waals surface area (Å²) in [6, 6.07) is 3.81. The lowest BCUT2D eigenvalue weighted by molar-refractivity contribution is -0.384. The van der Waals surface area contributed by atoms with Crippen molar-refractivity contribution in [3.05, 3.63) is 33.3 Å². The van der Waals surface area contributed by atoms with Gasteiger partial charge in [0, 0.05) is 31.1 Å². The Morgan fingerprint density at radius 2 is 2.04 bits per heavy atom. The molecule has 1 aliphatic rings. The molecule has 1 saturated heterocycles. The van der Waals surface area contributed by atoms with Crippen LogP contribution in [0.15, 0.2) is 18.2 Å². The van der Waals surface area contributed by atoms with Crippen molar-refractivity contribution in [3.63, 3.8) is 0 Å². The van der Waals surface area contributed by atoms with E-state index in [2.05, 4.69) is 5.32 Å². The molecule has 1 aromatic carbocycles. The van der Waals surface area contributed by atoms with Gasteiger partial charge in [-0.2, -0.15) is 0 Å². The standard InChI is InChI=1S/C14H18ClN3O5S/c1-2-24(22,23)17-7-5-10(6-8-17)14(19)16-13-9-11(18(20)21)3-4-12(13)15/h3-4,9-10H,2,5-8H2,1H3,(H,16,19). The van der Waals surface area contributed by atoms with Crippen LogP contribution in [0.5, 0.6) is 0 Å². The van der Waals surface area contributed by atoms with Crippen molar-refractivity contribution in [1.82, 2.24) is 4.31 Å². The topological polar surface area (TPSA) is 110 Å². The van der Waals surface area contributed by atoms with Crippen LogP contribution in [-0.4, -0.2) is 42.4 Å². The smallest absolute Gasteiger partial charge is 0.271 e. The van der Waals surface area contributed by atoms with Gasteiger partial charge in [-0.25, -0.2) is 12.7 Å². The minimum absolute atomic E-state index is 0.0349. The first-order valence-corrected chi connectivity index (χ1v) is 9.46.